The van der Waals surface area contributed by atoms with Crippen LogP contribution in [0.3, 0.4) is 0 Å². The number of carboxylic acid groups (broad SMARTS) is 1. The van der Waals surface area contributed by atoms with Crippen molar-refractivity contribution in [3.8, 4) is 5.75 Å². The highest BCUT2D eigenvalue weighted by molar-refractivity contribution is 7.97. The Labute approximate surface area is 129 Å². The molecule has 21 heavy (non-hydrogen) atoms. The van der Waals surface area contributed by atoms with E-state index in [-0.39, 0.29) is 0 Å². The standard InChI is InChI=1S/C17H18O3S/c1-12-5-3-4-6-14(12)10-21-11-15-9-13(17(18)19)7-8-16(15)20-2/h3-9H,10-11H2,1-2H3,(H,18,19). The summed E-state index contributed by atoms with van der Waals surface area (Å²) < 4.78 is 5.30. The molecule has 4 heteroatoms. The van der Waals surface area contributed by atoms with Gasteiger partial charge < -0.3 is 9.84 Å². The zero-order valence-corrected chi connectivity index (χ0v) is 12.9. The van der Waals surface area contributed by atoms with Gasteiger partial charge in [0.2, 0.25) is 0 Å². The second-order valence-electron chi connectivity index (χ2n) is 4.75. The van der Waals surface area contributed by atoms with Gasteiger partial charge in [0, 0.05) is 17.1 Å². The first-order valence-corrected chi connectivity index (χ1v) is 7.79. The number of hydrogen-bond donors (Lipinski definition) is 1. The highest BCUT2D eigenvalue weighted by atomic mass is 32.2. The quantitative estimate of drug-likeness (QED) is 0.871. The fourth-order valence-corrected chi connectivity index (χ4v) is 3.16. The molecule has 0 aliphatic heterocycles. The summed E-state index contributed by atoms with van der Waals surface area (Å²) in [4.78, 5) is 11.0. The topological polar surface area (TPSA) is 46.5 Å². The summed E-state index contributed by atoms with van der Waals surface area (Å²) in [5, 5.41) is 9.07. The second-order valence-corrected chi connectivity index (χ2v) is 5.74. The smallest absolute Gasteiger partial charge is 0.335 e. The Morgan fingerprint density at radius 2 is 1.86 bits per heavy atom. The Morgan fingerprint density at radius 1 is 1.14 bits per heavy atom. The lowest BCUT2D eigenvalue weighted by molar-refractivity contribution is 0.0696. The molecule has 0 amide bonds. The molecule has 3 nitrogen and oxygen atoms in total. The minimum Gasteiger partial charge on any atom is -0.496 e. The van der Waals surface area contributed by atoms with Gasteiger partial charge in [0.15, 0.2) is 0 Å². The lowest BCUT2D eigenvalue weighted by Gasteiger charge is -2.10. The first-order valence-electron chi connectivity index (χ1n) is 6.64. The van der Waals surface area contributed by atoms with E-state index < -0.39 is 5.97 Å². The maximum atomic E-state index is 11.0. The zero-order chi connectivity index (χ0) is 15.2. The Morgan fingerprint density at radius 3 is 2.52 bits per heavy atom. The van der Waals surface area contributed by atoms with Crippen LogP contribution >= 0.6 is 11.8 Å². The molecule has 0 bridgehead atoms. The number of methoxy groups -OCH3 is 1. The van der Waals surface area contributed by atoms with Gasteiger partial charge in [0.25, 0.3) is 0 Å². The number of ether oxygens (including phenoxy) is 1. The van der Waals surface area contributed by atoms with Crippen molar-refractivity contribution in [3.05, 3.63) is 64.7 Å². The van der Waals surface area contributed by atoms with E-state index in [1.54, 1.807) is 37.1 Å². The SMILES string of the molecule is COc1ccc(C(=O)O)cc1CSCc1ccccc1C. The lowest BCUT2D eigenvalue weighted by Crippen LogP contribution is -1.99. The van der Waals surface area contributed by atoms with Gasteiger partial charge >= 0.3 is 5.97 Å². The van der Waals surface area contributed by atoms with Gasteiger partial charge in [-0.25, -0.2) is 4.79 Å². The summed E-state index contributed by atoms with van der Waals surface area (Å²) in [6.45, 7) is 2.10. The molecule has 0 aliphatic carbocycles. The van der Waals surface area contributed by atoms with Gasteiger partial charge in [0.1, 0.15) is 5.75 Å². The number of rotatable bonds is 6. The molecule has 110 valence electrons. The van der Waals surface area contributed by atoms with Crippen molar-refractivity contribution in [2.24, 2.45) is 0 Å². The van der Waals surface area contributed by atoms with Gasteiger partial charge in [0.05, 0.1) is 12.7 Å². The molecule has 0 saturated heterocycles. The van der Waals surface area contributed by atoms with E-state index in [2.05, 4.69) is 19.1 Å². The van der Waals surface area contributed by atoms with Crippen molar-refractivity contribution in [3.63, 3.8) is 0 Å². The molecule has 0 atom stereocenters. The minimum atomic E-state index is -0.914. The van der Waals surface area contributed by atoms with E-state index in [1.807, 2.05) is 12.1 Å². The molecule has 2 rings (SSSR count). The van der Waals surface area contributed by atoms with Crippen LogP contribution in [0.2, 0.25) is 0 Å². The first kappa shape index (κ1) is 15.4. The molecule has 2 aromatic carbocycles. The molecule has 2 aromatic rings. The summed E-state index contributed by atoms with van der Waals surface area (Å²) >= 11 is 1.75. The van der Waals surface area contributed by atoms with Gasteiger partial charge in [-0.05, 0) is 36.2 Å². The average molecular weight is 302 g/mol. The highest BCUT2D eigenvalue weighted by Gasteiger charge is 2.09. The number of hydrogen-bond acceptors (Lipinski definition) is 3. The number of carboxylic acids is 1. The zero-order valence-electron chi connectivity index (χ0n) is 12.1. The molecule has 0 spiro atoms. The van der Waals surface area contributed by atoms with Crippen LogP contribution in [-0.2, 0) is 11.5 Å². The van der Waals surface area contributed by atoms with Crippen molar-refractivity contribution >= 4 is 17.7 Å². The first-order chi connectivity index (χ1) is 10.1. The lowest BCUT2D eigenvalue weighted by atomic mass is 10.1. The monoisotopic (exact) mass is 302 g/mol. The third-order valence-corrected chi connectivity index (χ3v) is 4.33. The van der Waals surface area contributed by atoms with E-state index in [0.717, 1.165) is 22.8 Å². The number of carbonyl (C=O) groups is 1. The molecular weight excluding hydrogens is 284 g/mol. The third kappa shape index (κ3) is 4.02. The summed E-state index contributed by atoms with van der Waals surface area (Å²) in [5.74, 6) is 1.44. The summed E-state index contributed by atoms with van der Waals surface area (Å²) in [6, 6.07) is 13.3. The minimum absolute atomic E-state index is 0.294. The maximum Gasteiger partial charge on any atom is 0.335 e. The Balaban J connectivity index is 2.07. The number of benzene rings is 2. The highest BCUT2D eigenvalue weighted by Crippen LogP contribution is 2.27. The fourth-order valence-electron chi connectivity index (χ4n) is 2.07. The van der Waals surface area contributed by atoms with Crippen molar-refractivity contribution in [2.45, 2.75) is 18.4 Å². The molecule has 0 fully saturated rings. The molecule has 0 aromatic heterocycles. The van der Waals surface area contributed by atoms with Crippen LogP contribution in [0.5, 0.6) is 5.75 Å². The molecule has 0 radical (unpaired) electrons. The van der Waals surface area contributed by atoms with Crippen molar-refractivity contribution in [1.29, 1.82) is 0 Å². The van der Waals surface area contributed by atoms with Gasteiger partial charge in [-0.3, -0.25) is 0 Å². The Kier molecular flexibility index (Phi) is 5.28. The Hall–Kier alpha value is -1.94. The van der Waals surface area contributed by atoms with E-state index in [9.17, 15) is 4.79 Å². The number of thioether (sulfide) groups is 1. The number of aryl methyl sites for hydroxylation is 1. The van der Waals surface area contributed by atoms with Crippen LogP contribution in [0.1, 0.15) is 27.0 Å². The predicted octanol–water partition coefficient (Wildman–Crippen LogP) is 4.14. The largest absolute Gasteiger partial charge is 0.496 e. The van der Waals surface area contributed by atoms with Crippen molar-refractivity contribution < 1.29 is 14.6 Å². The van der Waals surface area contributed by atoms with E-state index in [1.165, 1.54) is 11.1 Å². The number of aromatic carboxylic acids is 1. The van der Waals surface area contributed by atoms with Crippen LogP contribution in [-0.4, -0.2) is 18.2 Å². The van der Waals surface area contributed by atoms with Crippen molar-refractivity contribution in [2.75, 3.05) is 7.11 Å². The van der Waals surface area contributed by atoms with E-state index in [4.69, 9.17) is 9.84 Å². The summed E-state index contributed by atoms with van der Waals surface area (Å²) in [5.41, 5.74) is 3.78. The van der Waals surface area contributed by atoms with Crippen LogP contribution < -0.4 is 4.74 Å². The van der Waals surface area contributed by atoms with Crippen LogP contribution in [0, 0.1) is 6.92 Å². The second kappa shape index (κ2) is 7.18. The predicted molar refractivity (Wildman–Crippen MR) is 86.1 cm³/mol. The average Bonchev–Trinajstić information content (AvgIpc) is 2.49. The van der Waals surface area contributed by atoms with Crippen LogP contribution in [0.25, 0.3) is 0 Å². The van der Waals surface area contributed by atoms with E-state index in [0.29, 0.717) is 5.56 Å². The van der Waals surface area contributed by atoms with Crippen LogP contribution in [0.4, 0.5) is 0 Å². The third-order valence-electron chi connectivity index (χ3n) is 3.30. The van der Waals surface area contributed by atoms with Crippen molar-refractivity contribution in [1.82, 2.24) is 0 Å². The molecule has 0 heterocycles. The molecule has 0 saturated carbocycles. The normalized spacial score (nSPS) is 10.4. The molecule has 1 N–H and O–H groups in total. The maximum absolute atomic E-state index is 11.0. The fraction of sp³-hybridized carbons (Fsp3) is 0.235. The molecule has 0 aliphatic rings. The van der Waals surface area contributed by atoms with Gasteiger partial charge in [-0.2, -0.15) is 11.8 Å². The summed E-state index contributed by atoms with van der Waals surface area (Å²) in [7, 11) is 1.60. The Bertz CT molecular complexity index is 638. The molecular formula is C17H18O3S. The van der Waals surface area contributed by atoms with Crippen LogP contribution in [0.15, 0.2) is 42.5 Å². The summed E-state index contributed by atoms with van der Waals surface area (Å²) in [6.07, 6.45) is 0. The van der Waals surface area contributed by atoms with Gasteiger partial charge in [-0.15, -0.1) is 0 Å². The van der Waals surface area contributed by atoms with Gasteiger partial charge in [-0.1, -0.05) is 24.3 Å². The van der Waals surface area contributed by atoms with E-state index >= 15 is 0 Å². The molecule has 0 unspecified atom stereocenters.